The summed E-state index contributed by atoms with van der Waals surface area (Å²) in [4.78, 5) is 11.7. The van der Waals surface area contributed by atoms with Crippen molar-refractivity contribution in [2.24, 2.45) is 5.41 Å². The SMILES string of the molecule is C=CCC1OC(COC(=O)C(C)(C)C)C(O)C1OC. The van der Waals surface area contributed by atoms with Crippen LogP contribution in [0.2, 0.25) is 0 Å². The Morgan fingerprint density at radius 2 is 2.05 bits per heavy atom. The normalized spacial score (nSPS) is 31.2. The first-order chi connectivity index (χ1) is 8.81. The molecule has 0 aliphatic carbocycles. The maximum atomic E-state index is 11.7. The van der Waals surface area contributed by atoms with Gasteiger partial charge in [0.1, 0.15) is 24.9 Å². The van der Waals surface area contributed by atoms with E-state index in [0.29, 0.717) is 6.42 Å². The van der Waals surface area contributed by atoms with Gasteiger partial charge in [-0.25, -0.2) is 0 Å². The monoisotopic (exact) mass is 272 g/mol. The molecule has 5 heteroatoms. The zero-order chi connectivity index (χ0) is 14.6. The van der Waals surface area contributed by atoms with Crippen molar-refractivity contribution in [3.05, 3.63) is 12.7 Å². The van der Waals surface area contributed by atoms with Crippen LogP contribution in [0.5, 0.6) is 0 Å². The lowest BCUT2D eigenvalue weighted by Gasteiger charge is -2.20. The smallest absolute Gasteiger partial charge is 0.311 e. The predicted molar refractivity (Wildman–Crippen MR) is 70.7 cm³/mol. The fourth-order valence-electron chi connectivity index (χ4n) is 1.97. The van der Waals surface area contributed by atoms with Crippen molar-refractivity contribution in [1.29, 1.82) is 0 Å². The van der Waals surface area contributed by atoms with E-state index in [2.05, 4.69) is 6.58 Å². The average Bonchev–Trinajstić information content (AvgIpc) is 2.61. The lowest BCUT2D eigenvalue weighted by atomic mass is 9.97. The summed E-state index contributed by atoms with van der Waals surface area (Å²) in [6.45, 7) is 9.01. The third-order valence-corrected chi connectivity index (χ3v) is 3.10. The molecule has 0 aromatic heterocycles. The van der Waals surface area contributed by atoms with E-state index in [-0.39, 0.29) is 18.7 Å². The highest BCUT2D eigenvalue weighted by Gasteiger charge is 2.44. The number of hydrogen-bond donors (Lipinski definition) is 1. The van der Waals surface area contributed by atoms with Crippen molar-refractivity contribution in [3.63, 3.8) is 0 Å². The van der Waals surface area contributed by atoms with Crippen molar-refractivity contribution in [2.45, 2.75) is 51.6 Å². The van der Waals surface area contributed by atoms with Crippen LogP contribution in [0, 0.1) is 5.41 Å². The zero-order valence-corrected chi connectivity index (χ0v) is 12.1. The van der Waals surface area contributed by atoms with Crippen molar-refractivity contribution in [2.75, 3.05) is 13.7 Å². The summed E-state index contributed by atoms with van der Waals surface area (Å²) in [7, 11) is 1.52. The van der Waals surface area contributed by atoms with Crippen LogP contribution in [0.25, 0.3) is 0 Å². The number of hydrogen-bond acceptors (Lipinski definition) is 5. The molecule has 0 aromatic carbocycles. The predicted octanol–water partition coefficient (Wildman–Crippen LogP) is 1.30. The molecule has 1 fully saturated rings. The molecule has 1 saturated heterocycles. The second kappa shape index (κ2) is 6.50. The van der Waals surface area contributed by atoms with Crippen molar-refractivity contribution >= 4 is 5.97 Å². The van der Waals surface area contributed by atoms with Gasteiger partial charge in [0, 0.05) is 7.11 Å². The van der Waals surface area contributed by atoms with Gasteiger partial charge in [0.05, 0.1) is 11.5 Å². The number of methoxy groups -OCH3 is 1. The number of rotatable bonds is 5. The molecule has 0 bridgehead atoms. The molecule has 0 amide bonds. The molecule has 19 heavy (non-hydrogen) atoms. The van der Waals surface area contributed by atoms with Crippen LogP contribution in [0.1, 0.15) is 27.2 Å². The maximum absolute atomic E-state index is 11.7. The van der Waals surface area contributed by atoms with Crippen molar-refractivity contribution in [3.8, 4) is 0 Å². The summed E-state index contributed by atoms with van der Waals surface area (Å²) < 4.78 is 16.1. The van der Waals surface area contributed by atoms with Gasteiger partial charge in [-0.2, -0.15) is 0 Å². The first-order valence-corrected chi connectivity index (χ1v) is 6.45. The second-order valence-electron chi connectivity index (χ2n) is 5.78. The van der Waals surface area contributed by atoms with Gasteiger partial charge < -0.3 is 19.3 Å². The topological polar surface area (TPSA) is 65.0 Å². The Morgan fingerprint density at radius 3 is 2.53 bits per heavy atom. The molecule has 0 spiro atoms. The number of carbonyl (C=O) groups excluding carboxylic acids is 1. The van der Waals surface area contributed by atoms with E-state index in [9.17, 15) is 9.90 Å². The molecule has 0 saturated carbocycles. The van der Waals surface area contributed by atoms with E-state index in [1.54, 1.807) is 26.8 Å². The molecule has 4 unspecified atom stereocenters. The Hall–Kier alpha value is -0.910. The zero-order valence-electron chi connectivity index (χ0n) is 12.1. The van der Waals surface area contributed by atoms with Crippen LogP contribution in [0.15, 0.2) is 12.7 Å². The molecular formula is C14H24O5. The van der Waals surface area contributed by atoms with E-state index in [0.717, 1.165) is 0 Å². The highest BCUT2D eigenvalue weighted by atomic mass is 16.6. The van der Waals surface area contributed by atoms with Crippen LogP contribution in [-0.2, 0) is 19.0 Å². The van der Waals surface area contributed by atoms with E-state index < -0.39 is 23.7 Å². The van der Waals surface area contributed by atoms with E-state index in [1.165, 1.54) is 7.11 Å². The van der Waals surface area contributed by atoms with Gasteiger partial charge in [-0.15, -0.1) is 6.58 Å². The highest BCUT2D eigenvalue weighted by Crippen LogP contribution is 2.27. The lowest BCUT2D eigenvalue weighted by molar-refractivity contribution is -0.158. The fraction of sp³-hybridized carbons (Fsp3) is 0.786. The molecule has 110 valence electrons. The average molecular weight is 272 g/mol. The van der Waals surface area contributed by atoms with Crippen LogP contribution in [-0.4, -0.2) is 49.2 Å². The van der Waals surface area contributed by atoms with Gasteiger partial charge in [-0.1, -0.05) is 6.08 Å². The summed E-state index contributed by atoms with van der Waals surface area (Å²) in [5, 5.41) is 10.1. The highest BCUT2D eigenvalue weighted by molar-refractivity contribution is 5.75. The summed E-state index contributed by atoms with van der Waals surface area (Å²) >= 11 is 0. The van der Waals surface area contributed by atoms with Gasteiger partial charge >= 0.3 is 5.97 Å². The maximum Gasteiger partial charge on any atom is 0.311 e. The number of esters is 1. The summed E-state index contributed by atoms with van der Waals surface area (Å²) in [6.07, 6.45) is 0.266. The van der Waals surface area contributed by atoms with Crippen LogP contribution < -0.4 is 0 Å². The van der Waals surface area contributed by atoms with Crippen LogP contribution in [0.4, 0.5) is 0 Å². The Bertz CT molecular complexity index is 320. The van der Waals surface area contributed by atoms with Gasteiger partial charge in [0.15, 0.2) is 0 Å². The standard InChI is InChI=1S/C14H24O5/c1-6-7-9-12(17-5)11(15)10(19-9)8-18-13(16)14(2,3)4/h6,9-12,15H,1,7-8H2,2-5H3. The molecule has 1 rings (SSSR count). The number of carbonyl (C=O) groups is 1. The molecular weight excluding hydrogens is 248 g/mol. The first-order valence-electron chi connectivity index (χ1n) is 6.45. The quantitative estimate of drug-likeness (QED) is 0.603. The Balaban J connectivity index is 2.56. The summed E-state index contributed by atoms with van der Waals surface area (Å²) in [5.41, 5.74) is -0.565. The van der Waals surface area contributed by atoms with Crippen molar-refractivity contribution in [1.82, 2.24) is 0 Å². The molecule has 0 aromatic rings. The molecule has 0 radical (unpaired) electrons. The molecule has 5 nitrogen and oxygen atoms in total. The van der Waals surface area contributed by atoms with Gasteiger partial charge in [-0.3, -0.25) is 4.79 Å². The summed E-state index contributed by atoms with van der Waals surface area (Å²) in [6, 6.07) is 0. The van der Waals surface area contributed by atoms with E-state index in [4.69, 9.17) is 14.2 Å². The first kappa shape index (κ1) is 16.1. The Kier molecular flexibility index (Phi) is 5.52. The van der Waals surface area contributed by atoms with E-state index >= 15 is 0 Å². The number of aliphatic hydroxyl groups excluding tert-OH is 1. The van der Waals surface area contributed by atoms with Crippen molar-refractivity contribution < 1.29 is 24.1 Å². The minimum absolute atomic E-state index is 0.0325. The number of aliphatic hydroxyl groups is 1. The minimum atomic E-state index is -0.803. The second-order valence-corrected chi connectivity index (χ2v) is 5.78. The largest absolute Gasteiger partial charge is 0.462 e. The minimum Gasteiger partial charge on any atom is -0.462 e. The van der Waals surface area contributed by atoms with Crippen LogP contribution >= 0.6 is 0 Å². The van der Waals surface area contributed by atoms with Gasteiger partial charge in [0.25, 0.3) is 0 Å². The van der Waals surface area contributed by atoms with E-state index in [1.807, 2.05) is 0 Å². The Morgan fingerprint density at radius 1 is 1.42 bits per heavy atom. The number of ether oxygens (including phenoxy) is 3. The molecule has 4 atom stereocenters. The lowest BCUT2D eigenvalue weighted by Crippen LogP contribution is -2.37. The third-order valence-electron chi connectivity index (χ3n) is 3.10. The molecule has 1 aliphatic heterocycles. The molecule has 1 heterocycles. The molecule has 1 N–H and O–H groups in total. The van der Waals surface area contributed by atoms with Crippen LogP contribution in [0.3, 0.4) is 0 Å². The fourth-order valence-corrected chi connectivity index (χ4v) is 1.97. The van der Waals surface area contributed by atoms with Gasteiger partial charge in [0.2, 0.25) is 0 Å². The summed E-state index contributed by atoms with van der Waals surface area (Å²) in [5.74, 6) is -0.315. The third kappa shape index (κ3) is 4.03. The molecule has 1 aliphatic rings. The van der Waals surface area contributed by atoms with Gasteiger partial charge in [-0.05, 0) is 27.2 Å². The Labute approximate surface area is 114 Å².